The molecule has 24 heavy (non-hydrogen) atoms. The minimum atomic E-state index is -0.0236. The molecule has 0 radical (unpaired) electrons. The molecule has 0 unspecified atom stereocenters. The number of nitrogens with one attached hydrogen (secondary N) is 1. The maximum Gasteiger partial charge on any atom is 0.234 e. The number of rotatable bonds is 5. The topological polar surface area (TPSA) is 42.0 Å². The predicted octanol–water partition coefficient (Wildman–Crippen LogP) is 5.91. The van der Waals surface area contributed by atoms with E-state index in [0.29, 0.717) is 5.75 Å². The average Bonchev–Trinajstić information content (AvgIpc) is 3.05. The van der Waals surface area contributed by atoms with Crippen LogP contribution in [-0.2, 0) is 4.79 Å². The molecule has 2 aromatic carbocycles. The van der Waals surface area contributed by atoms with E-state index in [4.69, 9.17) is 0 Å². The number of carbonyl (C=O) groups excluding carboxylic acids is 1. The first-order valence-corrected chi connectivity index (χ1v) is 10.7. The van der Waals surface area contributed by atoms with Crippen molar-refractivity contribution < 1.29 is 4.79 Å². The van der Waals surface area contributed by atoms with E-state index in [1.165, 1.54) is 11.8 Å². The van der Waals surface area contributed by atoms with Crippen molar-refractivity contribution in [1.82, 2.24) is 4.98 Å². The monoisotopic (exact) mass is 530 g/mol. The van der Waals surface area contributed by atoms with Gasteiger partial charge in [0.15, 0.2) is 4.34 Å². The highest BCUT2D eigenvalue weighted by Gasteiger charge is 2.09. The van der Waals surface area contributed by atoms with Gasteiger partial charge in [-0.1, -0.05) is 52.0 Å². The van der Waals surface area contributed by atoms with E-state index in [-0.39, 0.29) is 5.91 Å². The van der Waals surface area contributed by atoms with Crippen LogP contribution in [0.5, 0.6) is 0 Å². The molecule has 3 rings (SSSR count). The van der Waals surface area contributed by atoms with Crippen molar-refractivity contribution in [3.63, 3.8) is 0 Å². The maximum absolute atomic E-state index is 12.1. The molecule has 0 atom stereocenters. The lowest BCUT2D eigenvalue weighted by Gasteiger charge is -2.06. The molecule has 0 spiro atoms. The van der Waals surface area contributed by atoms with Gasteiger partial charge in [-0.15, -0.1) is 11.3 Å². The van der Waals surface area contributed by atoms with Crippen LogP contribution in [0, 0.1) is 3.57 Å². The lowest BCUT2D eigenvalue weighted by Crippen LogP contribution is -2.14. The van der Waals surface area contributed by atoms with Crippen molar-refractivity contribution in [2.45, 2.75) is 4.34 Å². The van der Waals surface area contributed by atoms with Crippen molar-refractivity contribution >= 4 is 73.2 Å². The van der Waals surface area contributed by atoms with Gasteiger partial charge in [0.2, 0.25) is 5.91 Å². The molecule has 3 aromatic rings. The summed E-state index contributed by atoms with van der Waals surface area (Å²) in [6, 6.07) is 15.8. The smallest absolute Gasteiger partial charge is 0.234 e. The molecule has 0 fully saturated rings. The quantitative estimate of drug-likeness (QED) is 0.329. The molecule has 0 saturated heterocycles. The summed E-state index contributed by atoms with van der Waals surface area (Å²) in [5.41, 5.74) is 2.86. The average molecular weight is 531 g/mol. The summed E-state index contributed by atoms with van der Waals surface area (Å²) in [5.74, 6) is 0.322. The molecule has 1 amide bonds. The van der Waals surface area contributed by atoms with Crippen LogP contribution >= 0.6 is 61.6 Å². The van der Waals surface area contributed by atoms with Gasteiger partial charge in [-0.2, -0.15) is 0 Å². The third-order valence-electron chi connectivity index (χ3n) is 3.10. The molecular formula is C17H12BrIN2OS2. The van der Waals surface area contributed by atoms with Gasteiger partial charge >= 0.3 is 0 Å². The fraction of sp³-hybridized carbons (Fsp3) is 0.0588. The van der Waals surface area contributed by atoms with Crippen LogP contribution in [0.2, 0.25) is 0 Å². The van der Waals surface area contributed by atoms with Crippen molar-refractivity contribution in [2.75, 3.05) is 11.1 Å². The van der Waals surface area contributed by atoms with Crippen LogP contribution in [-0.4, -0.2) is 16.6 Å². The minimum Gasteiger partial charge on any atom is -0.324 e. The molecule has 0 saturated carbocycles. The zero-order chi connectivity index (χ0) is 16.9. The predicted molar refractivity (Wildman–Crippen MR) is 114 cm³/mol. The molecule has 0 aliphatic heterocycles. The van der Waals surface area contributed by atoms with Gasteiger partial charge in [-0.05, 0) is 46.9 Å². The first kappa shape index (κ1) is 17.9. The molecule has 1 N–H and O–H groups in total. The highest BCUT2D eigenvalue weighted by Crippen LogP contribution is 2.29. The Morgan fingerprint density at radius 3 is 2.71 bits per heavy atom. The number of nitrogens with zero attached hydrogens (tertiary/aromatic N) is 1. The second-order valence-electron chi connectivity index (χ2n) is 4.82. The zero-order valence-corrected chi connectivity index (χ0v) is 17.7. The molecule has 0 aliphatic carbocycles. The Morgan fingerprint density at radius 2 is 1.96 bits per heavy atom. The van der Waals surface area contributed by atoms with E-state index in [1.54, 1.807) is 11.3 Å². The number of aromatic nitrogens is 1. The lowest BCUT2D eigenvalue weighted by molar-refractivity contribution is -0.113. The standard InChI is InChI=1S/C17H12BrIN2OS2/c18-12-7-5-11(6-8-12)15-9-23-17(21-15)24-10-16(22)20-14-4-2-1-3-13(14)19/h1-9H,10H2,(H,20,22). The first-order chi connectivity index (χ1) is 11.6. The maximum atomic E-state index is 12.1. The Bertz CT molecular complexity index is 852. The number of hydrogen-bond donors (Lipinski definition) is 1. The van der Waals surface area contributed by atoms with Crippen LogP contribution in [0.3, 0.4) is 0 Å². The second-order valence-corrected chi connectivity index (χ2v) is 8.98. The fourth-order valence-electron chi connectivity index (χ4n) is 1.95. The van der Waals surface area contributed by atoms with Crippen molar-refractivity contribution in [3.05, 3.63) is 62.0 Å². The largest absolute Gasteiger partial charge is 0.324 e. The number of benzene rings is 2. The van der Waals surface area contributed by atoms with Gasteiger partial charge < -0.3 is 5.32 Å². The minimum absolute atomic E-state index is 0.0236. The number of halogens is 2. The van der Waals surface area contributed by atoms with E-state index < -0.39 is 0 Å². The number of anilines is 1. The first-order valence-electron chi connectivity index (χ1n) is 7.00. The third-order valence-corrected chi connectivity index (χ3v) is 6.59. The van der Waals surface area contributed by atoms with Crippen molar-refractivity contribution in [3.8, 4) is 11.3 Å². The van der Waals surface area contributed by atoms with E-state index in [1.807, 2.05) is 53.9 Å². The number of para-hydroxylation sites is 1. The summed E-state index contributed by atoms with van der Waals surface area (Å²) in [6.45, 7) is 0. The SMILES string of the molecule is O=C(CSc1nc(-c2ccc(Br)cc2)cs1)Nc1ccccc1I. The van der Waals surface area contributed by atoms with Gasteiger partial charge in [0.05, 0.1) is 17.1 Å². The normalized spacial score (nSPS) is 10.6. The molecule has 7 heteroatoms. The summed E-state index contributed by atoms with van der Waals surface area (Å²) in [6.07, 6.45) is 0. The zero-order valence-electron chi connectivity index (χ0n) is 12.3. The van der Waals surface area contributed by atoms with Crippen molar-refractivity contribution in [2.24, 2.45) is 0 Å². The highest BCUT2D eigenvalue weighted by molar-refractivity contribution is 14.1. The number of amides is 1. The van der Waals surface area contributed by atoms with Crippen LogP contribution in [0.15, 0.2) is 62.7 Å². The second kappa shape index (κ2) is 8.46. The Hall–Kier alpha value is -0.900. The third kappa shape index (κ3) is 4.81. The summed E-state index contributed by atoms with van der Waals surface area (Å²) in [4.78, 5) is 16.7. The van der Waals surface area contributed by atoms with Crippen LogP contribution < -0.4 is 5.32 Å². The van der Waals surface area contributed by atoms with Gasteiger partial charge in [0.25, 0.3) is 0 Å². The van der Waals surface area contributed by atoms with Gasteiger partial charge in [0.1, 0.15) is 0 Å². The van der Waals surface area contributed by atoms with E-state index in [0.717, 1.165) is 29.3 Å². The molecule has 3 nitrogen and oxygen atoms in total. The van der Waals surface area contributed by atoms with Gasteiger partial charge in [-0.3, -0.25) is 4.79 Å². The summed E-state index contributed by atoms with van der Waals surface area (Å²) in [5, 5.41) is 4.95. The summed E-state index contributed by atoms with van der Waals surface area (Å²) in [7, 11) is 0. The van der Waals surface area contributed by atoms with E-state index in [2.05, 4.69) is 48.8 Å². The van der Waals surface area contributed by atoms with Crippen molar-refractivity contribution in [1.29, 1.82) is 0 Å². The molecular weight excluding hydrogens is 519 g/mol. The summed E-state index contributed by atoms with van der Waals surface area (Å²) < 4.78 is 2.97. The Labute approximate surface area is 170 Å². The number of thioether (sulfide) groups is 1. The van der Waals surface area contributed by atoms with E-state index >= 15 is 0 Å². The van der Waals surface area contributed by atoms with Gasteiger partial charge in [0, 0.05) is 19.0 Å². The molecule has 0 bridgehead atoms. The van der Waals surface area contributed by atoms with Crippen LogP contribution in [0.4, 0.5) is 5.69 Å². The summed E-state index contributed by atoms with van der Waals surface area (Å²) >= 11 is 8.65. The lowest BCUT2D eigenvalue weighted by atomic mass is 10.2. The van der Waals surface area contributed by atoms with Crippen LogP contribution in [0.1, 0.15) is 0 Å². The van der Waals surface area contributed by atoms with Crippen LogP contribution in [0.25, 0.3) is 11.3 Å². The van der Waals surface area contributed by atoms with E-state index in [9.17, 15) is 4.79 Å². The molecule has 1 aromatic heterocycles. The Kier molecular flexibility index (Phi) is 6.31. The number of thiazole rings is 1. The fourth-order valence-corrected chi connectivity index (χ4v) is 4.37. The Balaban J connectivity index is 1.58. The highest BCUT2D eigenvalue weighted by atomic mass is 127. The number of hydrogen-bond acceptors (Lipinski definition) is 4. The molecule has 0 aliphatic rings. The molecule has 1 heterocycles. The number of carbonyl (C=O) groups is 1. The van der Waals surface area contributed by atoms with Gasteiger partial charge in [-0.25, -0.2) is 4.98 Å². The molecule has 122 valence electrons. The Morgan fingerprint density at radius 1 is 1.21 bits per heavy atom.